The van der Waals surface area contributed by atoms with Crippen molar-refractivity contribution < 1.29 is 4.84 Å². The van der Waals surface area contributed by atoms with Gasteiger partial charge in [-0.3, -0.25) is 4.84 Å². The molecule has 0 aliphatic heterocycles. The quantitative estimate of drug-likeness (QED) is 0.463. The van der Waals surface area contributed by atoms with Crippen LogP contribution in [0.5, 0.6) is 0 Å². The van der Waals surface area contributed by atoms with Crippen molar-refractivity contribution in [1.82, 2.24) is 0 Å². The summed E-state index contributed by atoms with van der Waals surface area (Å²) in [6.07, 6.45) is 3.72. The normalized spacial score (nSPS) is 33.7. The van der Waals surface area contributed by atoms with E-state index in [4.69, 9.17) is 5.90 Å². The molecule has 1 aliphatic carbocycles. The van der Waals surface area contributed by atoms with E-state index in [1.807, 2.05) is 0 Å². The predicted molar refractivity (Wildman–Crippen MR) is 37.1 cm³/mol. The van der Waals surface area contributed by atoms with Crippen LogP contribution in [0.15, 0.2) is 5.18 Å². The summed E-state index contributed by atoms with van der Waals surface area (Å²) in [5, 5.41) is 2.94. The highest BCUT2D eigenvalue weighted by Gasteiger charge is 2.25. The molecule has 0 aromatic rings. The fourth-order valence-electron chi connectivity index (χ4n) is 1.36. The maximum Gasteiger partial charge on any atom is 0.120 e. The molecule has 0 aromatic carbocycles. The summed E-state index contributed by atoms with van der Waals surface area (Å²) in [6.45, 7) is 0. The highest BCUT2D eigenvalue weighted by molar-refractivity contribution is 4.80. The van der Waals surface area contributed by atoms with Gasteiger partial charge in [-0.25, -0.2) is 5.90 Å². The Morgan fingerprint density at radius 3 is 2.60 bits per heavy atom. The van der Waals surface area contributed by atoms with Crippen LogP contribution in [0.3, 0.4) is 0 Å². The topological polar surface area (TPSA) is 64.7 Å². The molecule has 2 N–H and O–H groups in total. The second kappa shape index (κ2) is 3.63. The van der Waals surface area contributed by atoms with Crippen molar-refractivity contribution >= 4 is 0 Å². The van der Waals surface area contributed by atoms with Gasteiger partial charge in [0.1, 0.15) is 12.1 Å². The minimum Gasteiger partial charge on any atom is -0.299 e. The number of nitrogens with zero attached hydrogens (tertiary/aromatic N) is 1. The van der Waals surface area contributed by atoms with E-state index in [1.54, 1.807) is 0 Å². The van der Waals surface area contributed by atoms with Gasteiger partial charge < -0.3 is 0 Å². The minimum absolute atomic E-state index is 0.133. The van der Waals surface area contributed by atoms with E-state index in [-0.39, 0.29) is 12.1 Å². The Hall–Kier alpha value is -0.480. The van der Waals surface area contributed by atoms with Crippen molar-refractivity contribution in [3.05, 3.63) is 4.91 Å². The third-order valence-corrected chi connectivity index (χ3v) is 1.98. The molecule has 2 atom stereocenters. The van der Waals surface area contributed by atoms with Gasteiger partial charge in [0.25, 0.3) is 0 Å². The van der Waals surface area contributed by atoms with Gasteiger partial charge in [-0.15, -0.1) is 0 Å². The number of hydrogen-bond donors (Lipinski definition) is 1. The first-order chi connectivity index (χ1) is 4.88. The average Bonchev–Trinajstić information content (AvgIpc) is 2.04. The Morgan fingerprint density at radius 1 is 1.40 bits per heavy atom. The highest BCUT2D eigenvalue weighted by atomic mass is 16.6. The summed E-state index contributed by atoms with van der Waals surface area (Å²) in [6, 6.07) is -0.209. The third-order valence-electron chi connectivity index (χ3n) is 1.98. The van der Waals surface area contributed by atoms with Gasteiger partial charge in [-0.2, -0.15) is 4.91 Å². The van der Waals surface area contributed by atoms with Crippen molar-refractivity contribution in [3.63, 3.8) is 0 Å². The molecule has 0 amide bonds. The number of rotatable bonds is 2. The average molecular weight is 144 g/mol. The SMILES string of the molecule is NOC1CCCCC1N=O. The van der Waals surface area contributed by atoms with Gasteiger partial charge >= 0.3 is 0 Å². The van der Waals surface area contributed by atoms with Crippen molar-refractivity contribution in [2.45, 2.75) is 37.8 Å². The van der Waals surface area contributed by atoms with E-state index in [0.717, 1.165) is 25.7 Å². The van der Waals surface area contributed by atoms with E-state index in [1.165, 1.54) is 0 Å². The first-order valence-corrected chi connectivity index (χ1v) is 3.56. The van der Waals surface area contributed by atoms with Gasteiger partial charge in [0.05, 0.1) is 0 Å². The fraction of sp³-hybridized carbons (Fsp3) is 1.00. The van der Waals surface area contributed by atoms with E-state index in [0.29, 0.717) is 0 Å². The molecular weight excluding hydrogens is 132 g/mol. The van der Waals surface area contributed by atoms with E-state index in [9.17, 15) is 4.91 Å². The van der Waals surface area contributed by atoms with Gasteiger partial charge in [-0.1, -0.05) is 18.0 Å². The molecule has 10 heavy (non-hydrogen) atoms. The zero-order valence-corrected chi connectivity index (χ0v) is 5.82. The smallest absolute Gasteiger partial charge is 0.120 e. The molecule has 2 unspecified atom stereocenters. The van der Waals surface area contributed by atoms with E-state index in [2.05, 4.69) is 10.0 Å². The second-order valence-electron chi connectivity index (χ2n) is 2.63. The maximum atomic E-state index is 10.1. The van der Waals surface area contributed by atoms with Crippen molar-refractivity contribution in [2.75, 3.05) is 0 Å². The van der Waals surface area contributed by atoms with Crippen LogP contribution < -0.4 is 5.90 Å². The van der Waals surface area contributed by atoms with Gasteiger partial charge in [0, 0.05) is 0 Å². The predicted octanol–water partition coefficient (Wildman–Crippen LogP) is 0.954. The molecule has 4 nitrogen and oxygen atoms in total. The Morgan fingerprint density at radius 2 is 2.10 bits per heavy atom. The van der Waals surface area contributed by atoms with Crippen LogP contribution in [0.1, 0.15) is 25.7 Å². The molecule has 0 saturated heterocycles. The third kappa shape index (κ3) is 1.52. The molecular formula is C6H12N2O2. The summed E-state index contributed by atoms with van der Waals surface area (Å²) in [5.41, 5.74) is 0. The Kier molecular flexibility index (Phi) is 2.77. The molecule has 0 heterocycles. The lowest BCUT2D eigenvalue weighted by atomic mass is 9.93. The molecule has 1 aliphatic rings. The summed E-state index contributed by atoms with van der Waals surface area (Å²) in [5.74, 6) is 4.97. The van der Waals surface area contributed by atoms with Gasteiger partial charge in [0.2, 0.25) is 0 Å². The van der Waals surface area contributed by atoms with Crippen LogP contribution in [0.4, 0.5) is 0 Å². The maximum absolute atomic E-state index is 10.1. The van der Waals surface area contributed by atoms with Gasteiger partial charge in [-0.05, 0) is 12.8 Å². The van der Waals surface area contributed by atoms with Crippen molar-refractivity contribution in [3.8, 4) is 0 Å². The first kappa shape index (κ1) is 7.63. The van der Waals surface area contributed by atoms with Crippen LogP contribution in [-0.4, -0.2) is 12.1 Å². The van der Waals surface area contributed by atoms with Crippen LogP contribution in [-0.2, 0) is 4.84 Å². The lowest BCUT2D eigenvalue weighted by Gasteiger charge is -2.23. The fourth-order valence-corrected chi connectivity index (χ4v) is 1.36. The highest BCUT2D eigenvalue weighted by Crippen LogP contribution is 2.22. The number of nitroso groups, excluding NO2 is 1. The molecule has 0 radical (unpaired) electrons. The molecule has 0 spiro atoms. The van der Waals surface area contributed by atoms with Crippen LogP contribution in [0.25, 0.3) is 0 Å². The zero-order chi connectivity index (χ0) is 7.40. The lowest BCUT2D eigenvalue weighted by Crippen LogP contribution is -2.32. The Balaban J connectivity index is 2.41. The van der Waals surface area contributed by atoms with E-state index >= 15 is 0 Å². The second-order valence-corrected chi connectivity index (χ2v) is 2.63. The van der Waals surface area contributed by atoms with Crippen molar-refractivity contribution in [1.29, 1.82) is 0 Å². The van der Waals surface area contributed by atoms with E-state index < -0.39 is 0 Å². The molecule has 4 heteroatoms. The molecule has 1 rings (SSSR count). The Bertz CT molecular complexity index is 118. The Labute approximate surface area is 59.7 Å². The number of nitrogens with two attached hydrogens (primary N) is 1. The van der Waals surface area contributed by atoms with Gasteiger partial charge in [0.15, 0.2) is 0 Å². The molecule has 1 saturated carbocycles. The molecule has 58 valence electrons. The monoisotopic (exact) mass is 144 g/mol. The minimum atomic E-state index is -0.209. The first-order valence-electron chi connectivity index (χ1n) is 3.56. The summed E-state index contributed by atoms with van der Waals surface area (Å²) in [7, 11) is 0. The summed E-state index contributed by atoms with van der Waals surface area (Å²) < 4.78 is 0. The molecule has 0 bridgehead atoms. The van der Waals surface area contributed by atoms with Crippen LogP contribution >= 0.6 is 0 Å². The summed E-state index contributed by atoms with van der Waals surface area (Å²) in [4.78, 5) is 14.7. The van der Waals surface area contributed by atoms with Crippen molar-refractivity contribution in [2.24, 2.45) is 11.1 Å². The molecule has 0 aromatic heterocycles. The standard InChI is InChI=1S/C6H12N2O2/c7-10-6-4-2-1-3-5(6)8-9/h5-6H,1-4,7H2. The zero-order valence-electron chi connectivity index (χ0n) is 5.82. The largest absolute Gasteiger partial charge is 0.299 e. The van der Waals surface area contributed by atoms with Crippen LogP contribution in [0.2, 0.25) is 0 Å². The van der Waals surface area contributed by atoms with Crippen LogP contribution in [0, 0.1) is 4.91 Å². The lowest BCUT2D eigenvalue weighted by molar-refractivity contribution is 0.0145. The number of hydrogen-bond acceptors (Lipinski definition) is 4. The summed E-state index contributed by atoms with van der Waals surface area (Å²) >= 11 is 0. The molecule has 1 fully saturated rings.